The van der Waals surface area contributed by atoms with Crippen molar-refractivity contribution < 1.29 is 9.53 Å². The molecule has 0 fully saturated rings. The first-order valence-corrected chi connectivity index (χ1v) is 6.51. The summed E-state index contributed by atoms with van der Waals surface area (Å²) >= 11 is 0. The van der Waals surface area contributed by atoms with Crippen LogP contribution >= 0.6 is 0 Å². The van der Waals surface area contributed by atoms with Crippen molar-refractivity contribution in [1.82, 2.24) is 0 Å². The second-order valence-electron chi connectivity index (χ2n) is 4.36. The molecule has 3 rings (SSSR count). The highest BCUT2D eigenvalue weighted by atomic mass is 16.5. The molecular formula is C16H14N2O2. The number of nitrogens with zero attached hydrogens (tertiary/aromatic N) is 1. The minimum atomic E-state index is -0.183. The molecule has 1 amide bonds. The molecule has 100 valence electrons. The summed E-state index contributed by atoms with van der Waals surface area (Å²) in [6.07, 6.45) is 0. The molecule has 0 aliphatic carbocycles. The van der Waals surface area contributed by atoms with Crippen LogP contribution in [0.1, 0.15) is 12.5 Å². The van der Waals surface area contributed by atoms with Crippen LogP contribution < -0.4 is 10.1 Å². The molecule has 20 heavy (non-hydrogen) atoms. The van der Waals surface area contributed by atoms with Gasteiger partial charge in [-0.1, -0.05) is 30.3 Å². The van der Waals surface area contributed by atoms with E-state index in [2.05, 4.69) is 10.3 Å². The van der Waals surface area contributed by atoms with Gasteiger partial charge in [-0.25, -0.2) is 4.99 Å². The SMILES string of the molecule is CCOc1ccccc1N=C1C(=O)Nc2ccccc21. The molecule has 2 aromatic rings. The fraction of sp³-hybridized carbons (Fsp3) is 0.125. The van der Waals surface area contributed by atoms with E-state index in [1.807, 2.05) is 55.5 Å². The lowest BCUT2D eigenvalue weighted by Crippen LogP contribution is -2.14. The third-order valence-corrected chi connectivity index (χ3v) is 3.04. The number of carbonyl (C=O) groups excluding carboxylic acids is 1. The fourth-order valence-corrected chi connectivity index (χ4v) is 2.16. The first-order chi connectivity index (χ1) is 9.79. The van der Waals surface area contributed by atoms with Crippen LogP contribution in [0.3, 0.4) is 0 Å². The standard InChI is InChI=1S/C16H14N2O2/c1-2-20-14-10-6-5-9-13(14)17-15-11-7-3-4-8-12(11)18-16(15)19/h3-10H,2H2,1H3,(H,17,18,19). The van der Waals surface area contributed by atoms with Gasteiger partial charge in [0.25, 0.3) is 5.91 Å². The van der Waals surface area contributed by atoms with Crippen molar-refractivity contribution in [1.29, 1.82) is 0 Å². The number of benzene rings is 2. The van der Waals surface area contributed by atoms with Gasteiger partial charge in [-0.15, -0.1) is 0 Å². The highest BCUT2D eigenvalue weighted by Gasteiger charge is 2.25. The van der Waals surface area contributed by atoms with E-state index < -0.39 is 0 Å². The van der Waals surface area contributed by atoms with E-state index in [9.17, 15) is 4.79 Å². The van der Waals surface area contributed by atoms with E-state index >= 15 is 0 Å². The number of fused-ring (bicyclic) bond motifs is 1. The molecule has 0 radical (unpaired) electrons. The lowest BCUT2D eigenvalue weighted by atomic mass is 10.1. The first-order valence-electron chi connectivity index (χ1n) is 6.51. The topological polar surface area (TPSA) is 50.7 Å². The number of carbonyl (C=O) groups is 1. The Bertz CT molecular complexity index is 692. The maximum Gasteiger partial charge on any atom is 0.275 e. The van der Waals surface area contributed by atoms with E-state index in [0.717, 1.165) is 11.3 Å². The fourth-order valence-electron chi connectivity index (χ4n) is 2.16. The van der Waals surface area contributed by atoms with Gasteiger partial charge in [-0.3, -0.25) is 4.79 Å². The molecule has 1 heterocycles. The quantitative estimate of drug-likeness (QED) is 0.927. The summed E-state index contributed by atoms with van der Waals surface area (Å²) < 4.78 is 5.53. The van der Waals surface area contributed by atoms with Gasteiger partial charge in [0.05, 0.1) is 12.3 Å². The van der Waals surface area contributed by atoms with Gasteiger partial charge in [0.15, 0.2) is 0 Å². The predicted octanol–water partition coefficient (Wildman–Crippen LogP) is 3.16. The number of amides is 1. The Hall–Kier alpha value is -2.62. The molecule has 1 N–H and O–H groups in total. The Morgan fingerprint density at radius 3 is 2.70 bits per heavy atom. The van der Waals surface area contributed by atoms with Crippen molar-refractivity contribution in [2.75, 3.05) is 11.9 Å². The van der Waals surface area contributed by atoms with Gasteiger partial charge in [0.1, 0.15) is 17.1 Å². The Kier molecular flexibility index (Phi) is 3.21. The molecule has 4 heteroatoms. The third kappa shape index (κ3) is 2.16. The van der Waals surface area contributed by atoms with Gasteiger partial charge < -0.3 is 10.1 Å². The van der Waals surface area contributed by atoms with Crippen molar-refractivity contribution in [3.63, 3.8) is 0 Å². The van der Waals surface area contributed by atoms with Crippen LogP contribution in [0, 0.1) is 0 Å². The Labute approximate surface area is 117 Å². The Morgan fingerprint density at radius 1 is 1.10 bits per heavy atom. The largest absolute Gasteiger partial charge is 0.492 e. The molecule has 4 nitrogen and oxygen atoms in total. The molecular weight excluding hydrogens is 252 g/mol. The molecule has 1 aliphatic rings. The minimum Gasteiger partial charge on any atom is -0.492 e. The minimum absolute atomic E-state index is 0.183. The number of aliphatic imine (C=N–C) groups is 1. The van der Waals surface area contributed by atoms with Crippen LogP contribution in [0.4, 0.5) is 11.4 Å². The summed E-state index contributed by atoms with van der Waals surface area (Å²) in [4.78, 5) is 16.5. The van der Waals surface area contributed by atoms with E-state index in [-0.39, 0.29) is 5.91 Å². The van der Waals surface area contributed by atoms with Crippen LogP contribution in [0.25, 0.3) is 0 Å². The Morgan fingerprint density at radius 2 is 1.85 bits per heavy atom. The summed E-state index contributed by atoms with van der Waals surface area (Å²) in [5, 5.41) is 2.81. The van der Waals surface area contributed by atoms with E-state index in [4.69, 9.17) is 4.74 Å². The zero-order valence-electron chi connectivity index (χ0n) is 11.1. The van der Waals surface area contributed by atoms with Gasteiger partial charge in [0, 0.05) is 5.56 Å². The highest BCUT2D eigenvalue weighted by molar-refractivity contribution is 6.54. The summed E-state index contributed by atoms with van der Waals surface area (Å²) in [5.41, 5.74) is 2.71. The van der Waals surface area contributed by atoms with Crippen LogP contribution in [0.2, 0.25) is 0 Å². The number of para-hydroxylation sites is 3. The molecule has 1 aliphatic heterocycles. The van der Waals surface area contributed by atoms with Crippen molar-refractivity contribution >= 4 is 23.0 Å². The van der Waals surface area contributed by atoms with Gasteiger partial charge >= 0.3 is 0 Å². The number of ether oxygens (including phenoxy) is 1. The van der Waals surface area contributed by atoms with Crippen LogP contribution in [0.5, 0.6) is 5.75 Å². The van der Waals surface area contributed by atoms with E-state index in [1.54, 1.807) is 0 Å². The second kappa shape index (κ2) is 5.17. The highest BCUT2D eigenvalue weighted by Crippen LogP contribution is 2.30. The molecule has 0 bridgehead atoms. The van der Waals surface area contributed by atoms with Crippen LogP contribution in [-0.2, 0) is 4.79 Å². The number of rotatable bonds is 3. The molecule has 0 unspecified atom stereocenters. The zero-order chi connectivity index (χ0) is 13.9. The number of hydrogen-bond donors (Lipinski definition) is 1. The maximum absolute atomic E-state index is 12.0. The molecule has 0 aromatic heterocycles. The lowest BCUT2D eigenvalue weighted by molar-refractivity contribution is -0.110. The van der Waals surface area contributed by atoms with Crippen LogP contribution in [0.15, 0.2) is 53.5 Å². The maximum atomic E-state index is 12.0. The molecule has 2 aromatic carbocycles. The summed E-state index contributed by atoms with van der Waals surface area (Å²) in [7, 11) is 0. The smallest absolute Gasteiger partial charge is 0.275 e. The first kappa shape index (κ1) is 12.4. The predicted molar refractivity (Wildman–Crippen MR) is 78.9 cm³/mol. The van der Waals surface area contributed by atoms with E-state index in [1.165, 1.54) is 0 Å². The monoisotopic (exact) mass is 266 g/mol. The molecule has 0 saturated heterocycles. The number of anilines is 1. The van der Waals surface area contributed by atoms with Crippen molar-refractivity contribution in [3.05, 3.63) is 54.1 Å². The van der Waals surface area contributed by atoms with Crippen molar-refractivity contribution in [3.8, 4) is 5.75 Å². The third-order valence-electron chi connectivity index (χ3n) is 3.04. The molecule has 0 saturated carbocycles. The summed E-state index contributed by atoms with van der Waals surface area (Å²) in [6.45, 7) is 2.48. The normalized spacial score (nSPS) is 15.1. The van der Waals surface area contributed by atoms with Gasteiger partial charge in [0.2, 0.25) is 0 Å². The van der Waals surface area contributed by atoms with Crippen molar-refractivity contribution in [2.45, 2.75) is 6.92 Å². The second-order valence-corrected chi connectivity index (χ2v) is 4.36. The average molecular weight is 266 g/mol. The lowest BCUT2D eigenvalue weighted by Gasteiger charge is -2.06. The van der Waals surface area contributed by atoms with Crippen molar-refractivity contribution in [2.24, 2.45) is 4.99 Å². The zero-order valence-corrected chi connectivity index (χ0v) is 11.1. The Balaban J connectivity index is 2.07. The number of hydrogen-bond acceptors (Lipinski definition) is 3. The summed E-state index contributed by atoms with van der Waals surface area (Å²) in [6, 6.07) is 15.0. The van der Waals surface area contributed by atoms with Gasteiger partial charge in [-0.2, -0.15) is 0 Å². The average Bonchev–Trinajstić information content (AvgIpc) is 2.78. The van der Waals surface area contributed by atoms with Gasteiger partial charge in [-0.05, 0) is 25.1 Å². The molecule has 0 atom stereocenters. The number of nitrogens with one attached hydrogen (secondary N) is 1. The molecule has 0 spiro atoms. The summed E-state index contributed by atoms with van der Waals surface area (Å²) in [5.74, 6) is 0.497. The van der Waals surface area contributed by atoms with E-state index in [0.29, 0.717) is 23.8 Å². The van der Waals surface area contributed by atoms with Crippen LogP contribution in [-0.4, -0.2) is 18.2 Å².